The van der Waals surface area contributed by atoms with Gasteiger partial charge in [-0.15, -0.1) is 11.3 Å². The molecule has 1 rings (SSSR count). The molecule has 0 aliphatic heterocycles. The van der Waals surface area contributed by atoms with E-state index in [4.69, 9.17) is 0 Å². The molecule has 0 fully saturated rings. The minimum atomic E-state index is -0.987. The summed E-state index contributed by atoms with van der Waals surface area (Å²) in [5.74, 6) is 0. The minimum Gasteiger partial charge on any atom is -0.145 e. The molecule has 0 saturated carbocycles. The molecule has 0 N–H and O–H groups in total. The van der Waals surface area contributed by atoms with Crippen molar-refractivity contribution in [3.8, 4) is 0 Å². The van der Waals surface area contributed by atoms with Crippen molar-refractivity contribution in [3.63, 3.8) is 0 Å². The van der Waals surface area contributed by atoms with Crippen LogP contribution < -0.4 is 0 Å². The molecule has 1 heterocycles. The van der Waals surface area contributed by atoms with Gasteiger partial charge in [-0.2, -0.15) is 0 Å². The molecule has 0 atom stereocenters. The van der Waals surface area contributed by atoms with E-state index in [2.05, 4.69) is 48.9 Å². The van der Waals surface area contributed by atoms with Crippen LogP contribution in [0.2, 0.25) is 19.6 Å². The Morgan fingerprint density at radius 3 is 2.55 bits per heavy atom. The van der Waals surface area contributed by atoms with E-state index in [1.54, 1.807) is 11.3 Å². The third kappa shape index (κ3) is 3.53. The van der Waals surface area contributed by atoms with Crippen molar-refractivity contribution < 1.29 is 0 Å². The first-order valence-electron chi connectivity index (χ1n) is 3.81. The summed E-state index contributed by atoms with van der Waals surface area (Å²) in [6.07, 6.45) is 2.25. The summed E-state index contributed by atoms with van der Waals surface area (Å²) in [7, 11) is -0.987. The molecule has 0 unspecified atom stereocenters. The van der Waals surface area contributed by atoms with Crippen molar-refractivity contribution in [3.05, 3.63) is 28.1 Å². The van der Waals surface area contributed by atoms with Crippen LogP contribution in [0.4, 0.5) is 0 Å². The smallest absolute Gasteiger partial charge is 0.0687 e. The van der Waals surface area contributed by atoms with Gasteiger partial charge in [-0.25, -0.2) is 0 Å². The summed E-state index contributed by atoms with van der Waals surface area (Å²) in [6, 6.07) is 4.25. The van der Waals surface area contributed by atoms with E-state index in [0.29, 0.717) is 0 Å². The van der Waals surface area contributed by atoms with Gasteiger partial charge in [0.05, 0.1) is 8.07 Å². The topological polar surface area (TPSA) is 0 Å². The van der Waals surface area contributed by atoms with E-state index in [1.165, 1.54) is 4.88 Å². The van der Waals surface area contributed by atoms with Crippen LogP contribution in [-0.4, -0.2) is 8.07 Å². The van der Waals surface area contributed by atoms with Gasteiger partial charge in [-0.3, -0.25) is 0 Å². The standard InChI is InChI=1S/C9H14SSi/c1-11(2,3)8-6-9-5-4-7-10-9/h4-8H,1-3H3. The van der Waals surface area contributed by atoms with Crippen LogP contribution in [0.15, 0.2) is 23.2 Å². The highest BCUT2D eigenvalue weighted by atomic mass is 32.1. The van der Waals surface area contributed by atoms with Gasteiger partial charge in [-0.1, -0.05) is 37.5 Å². The van der Waals surface area contributed by atoms with E-state index in [0.717, 1.165) is 0 Å². The van der Waals surface area contributed by atoms with E-state index in [9.17, 15) is 0 Å². The second kappa shape index (κ2) is 3.37. The lowest BCUT2D eigenvalue weighted by Gasteiger charge is -2.06. The lowest BCUT2D eigenvalue weighted by Crippen LogP contribution is -2.14. The van der Waals surface area contributed by atoms with Crippen molar-refractivity contribution in [2.75, 3.05) is 0 Å². The Morgan fingerprint density at radius 1 is 1.36 bits per heavy atom. The van der Waals surface area contributed by atoms with E-state index in [-0.39, 0.29) is 0 Å². The van der Waals surface area contributed by atoms with Crippen molar-refractivity contribution in [2.24, 2.45) is 0 Å². The Hall–Kier alpha value is -0.343. The quantitative estimate of drug-likeness (QED) is 0.613. The normalized spacial score (nSPS) is 12.6. The second-order valence-corrected chi connectivity index (χ2v) is 9.76. The molecule has 0 radical (unpaired) electrons. The van der Waals surface area contributed by atoms with E-state index in [1.807, 2.05) is 0 Å². The average molecular weight is 182 g/mol. The molecule has 2 heteroatoms. The molecule has 0 nitrogen and oxygen atoms in total. The molecule has 60 valence electrons. The maximum atomic E-state index is 2.37. The lowest BCUT2D eigenvalue weighted by atomic mass is 10.5. The van der Waals surface area contributed by atoms with E-state index < -0.39 is 8.07 Å². The third-order valence-corrected chi connectivity index (χ3v) is 3.29. The van der Waals surface area contributed by atoms with Crippen molar-refractivity contribution >= 4 is 25.5 Å². The monoisotopic (exact) mass is 182 g/mol. The average Bonchev–Trinajstić information content (AvgIpc) is 2.32. The summed E-state index contributed by atoms with van der Waals surface area (Å²) in [4.78, 5) is 1.37. The molecule has 0 saturated heterocycles. The summed E-state index contributed by atoms with van der Waals surface area (Å²) in [5.41, 5.74) is 2.37. The second-order valence-electron chi connectivity index (χ2n) is 3.71. The SMILES string of the molecule is C[Si](C)(C)C=Cc1cccs1. The predicted molar refractivity (Wildman–Crippen MR) is 56.7 cm³/mol. The van der Waals surface area contributed by atoms with Crippen molar-refractivity contribution in [2.45, 2.75) is 19.6 Å². The van der Waals surface area contributed by atoms with Gasteiger partial charge >= 0.3 is 0 Å². The fourth-order valence-corrected chi connectivity index (χ4v) is 2.14. The Labute approximate surface area is 73.6 Å². The first-order chi connectivity index (χ1) is 5.08. The Kier molecular flexibility index (Phi) is 2.68. The zero-order valence-electron chi connectivity index (χ0n) is 7.29. The maximum absolute atomic E-state index is 2.37. The highest BCUT2D eigenvalue weighted by Crippen LogP contribution is 2.12. The van der Waals surface area contributed by atoms with Crippen LogP contribution >= 0.6 is 11.3 Å². The highest BCUT2D eigenvalue weighted by Gasteiger charge is 2.06. The first kappa shape index (κ1) is 8.75. The lowest BCUT2D eigenvalue weighted by molar-refractivity contribution is 1.78. The summed E-state index contributed by atoms with van der Waals surface area (Å²) < 4.78 is 0. The van der Waals surface area contributed by atoms with Gasteiger partial charge in [0, 0.05) is 4.88 Å². The molecule has 1 aromatic heterocycles. The number of hydrogen-bond donors (Lipinski definition) is 0. The van der Waals surface area contributed by atoms with Crippen LogP contribution in [0.25, 0.3) is 6.08 Å². The molecule has 11 heavy (non-hydrogen) atoms. The molecule has 1 aromatic rings. The van der Waals surface area contributed by atoms with Crippen LogP contribution in [0.5, 0.6) is 0 Å². The molecule has 0 aliphatic carbocycles. The Bertz CT molecular complexity index is 229. The number of rotatable bonds is 2. The molecule has 0 bridgehead atoms. The van der Waals surface area contributed by atoms with Crippen molar-refractivity contribution in [1.29, 1.82) is 0 Å². The molecule has 0 aliphatic rings. The van der Waals surface area contributed by atoms with Gasteiger partial charge in [0.15, 0.2) is 0 Å². The summed E-state index contributed by atoms with van der Waals surface area (Å²) in [5, 5.41) is 2.11. The molecular formula is C9H14SSi. The van der Waals surface area contributed by atoms with Gasteiger partial charge in [0.25, 0.3) is 0 Å². The molecule has 0 amide bonds. The van der Waals surface area contributed by atoms with Crippen LogP contribution in [-0.2, 0) is 0 Å². The Morgan fingerprint density at radius 2 is 2.09 bits per heavy atom. The highest BCUT2D eigenvalue weighted by molar-refractivity contribution is 7.10. The third-order valence-electron chi connectivity index (χ3n) is 1.29. The molecule has 0 spiro atoms. The predicted octanol–water partition coefficient (Wildman–Crippen LogP) is 3.64. The fraction of sp³-hybridized carbons (Fsp3) is 0.333. The summed E-state index contributed by atoms with van der Waals surface area (Å²) in [6.45, 7) is 7.03. The van der Waals surface area contributed by atoms with Crippen LogP contribution in [0, 0.1) is 0 Å². The van der Waals surface area contributed by atoms with Gasteiger partial charge in [0.2, 0.25) is 0 Å². The van der Waals surface area contributed by atoms with Gasteiger partial charge in [-0.05, 0) is 11.4 Å². The van der Waals surface area contributed by atoms with Crippen LogP contribution in [0.1, 0.15) is 4.88 Å². The zero-order valence-corrected chi connectivity index (χ0v) is 9.11. The number of thiophene rings is 1. The van der Waals surface area contributed by atoms with Crippen molar-refractivity contribution in [1.82, 2.24) is 0 Å². The van der Waals surface area contributed by atoms with Gasteiger partial charge < -0.3 is 0 Å². The van der Waals surface area contributed by atoms with Crippen LogP contribution in [0.3, 0.4) is 0 Å². The van der Waals surface area contributed by atoms with E-state index >= 15 is 0 Å². The maximum Gasteiger partial charge on any atom is 0.0687 e. The zero-order chi connectivity index (χ0) is 8.32. The largest absolute Gasteiger partial charge is 0.145 e. The minimum absolute atomic E-state index is 0.987. The molecular weight excluding hydrogens is 168 g/mol. The fourth-order valence-electron chi connectivity index (χ4n) is 0.718. The first-order valence-corrected chi connectivity index (χ1v) is 8.26. The Balaban J connectivity index is 2.63. The number of hydrogen-bond acceptors (Lipinski definition) is 1. The molecule has 0 aromatic carbocycles. The summed E-state index contributed by atoms with van der Waals surface area (Å²) >= 11 is 1.80. The van der Waals surface area contributed by atoms with Gasteiger partial charge in [0.1, 0.15) is 0 Å².